The summed E-state index contributed by atoms with van der Waals surface area (Å²) in [6, 6.07) is 5.65. The van der Waals surface area contributed by atoms with Crippen LogP contribution in [0.1, 0.15) is 25.8 Å². The van der Waals surface area contributed by atoms with Crippen molar-refractivity contribution in [2.75, 3.05) is 37.6 Å². The molecule has 1 unspecified atom stereocenters. The van der Waals surface area contributed by atoms with Gasteiger partial charge in [0.05, 0.1) is 0 Å². The number of phenolic OH excluding ortho intramolecular Hbond substituents is 1. The van der Waals surface area contributed by atoms with Crippen molar-refractivity contribution < 1.29 is 5.11 Å². The number of hydrogen-bond acceptors (Lipinski definition) is 3. The molecule has 1 heterocycles. The van der Waals surface area contributed by atoms with Crippen LogP contribution in [0.4, 0.5) is 5.69 Å². The van der Waals surface area contributed by atoms with Crippen LogP contribution >= 0.6 is 0 Å². The van der Waals surface area contributed by atoms with Crippen LogP contribution in [-0.4, -0.2) is 42.7 Å². The number of nitrogens with zero attached hydrogens (tertiary/aromatic N) is 2. The Morgan fingerprint density at radius 1 is 1.21 bits per heavy atom. The van der Waals surface area contributed by atoms with E-state index in [0.29, 0.717) is 5.75 Å². The van der Waals surface area contributed by atoms with Gasteiger partial charge in [-0.1, -0.05) is 26.3 Å². The third-order valence-electron chi connectivity index (χ3n) is 4.17. The Balaban J connectivity index is 1.94. The van der Waals surface area contributed by atoms with E-state index in [-0.39, 0.29) is 0 Å². The molecule has 0 aliphatic carbocycles. The molecular formula is C16H26N2O. The maximum Gasteiger partial charge on any atom is 0.117 e. The Morgan fingerprint density at radius 3 is 2.53 bits per heavy atom. The predicted octanol–water partition coefficient (Wildman–Crippen LogP) is 2.87. The van der Waals surface area contributed by atoms with Gasteiger partial charge < -0.3 is 10.0 Å². The number of phenols is 1. The van der Waals surface area contributed by atoms with E-state index in [9.17, 15) is 5.11 Å². The minimum Gasteiger partial charge on any atom is -0.508 e. The van der Waals surface area contributed by atoms with E-state index in [0.717, 1.165) is 32.1 Å². The summed E-state index contributed by atoms with van der Waals surface area (Å²) in [5, 5.41) is 9.63. The molecule has 2 rings (SSSR count). The van der Waals surface area contributed by atoms with Gasteiger partial charge in [0, 0.05) is 44.5 Å². The zero-order valence-electron chi connectivity index (χ0n) is 12.4. The first kappa shape index (κ1) is 14.2. The lowest BCUT2D eigenvalue weighted by atomic mass is 10.1. The van der Waals surface area contributed by atoms with Gasteiger partial charge in [-0.25, -0.2) is 0 Å². The second-order valence-corrected chi connectivity index (χ2v) is 5.77. The van der Waals surface area contributed by atoms with Crippen LogP contribution in [0, 0.1) is 12.8 Å². The number of anilines is 1. The van der Waals surface area contributed by atoms with Crippen LogP contribution in [0.25, 0.3) is 0 Å². The molecule has 0 amide bonds. The van der Waals surface area contributed by atoms with Crippen LogP contribution in [0.5, 0.6) is 5.75 Å². The largest absolute Gasteiger partial charge is 0.508 e. The van der Waals surface area contributed by atoms with Crippen molar-refractivity contribution in [2.24, 2.45) is 5.92 Å². The number of aromatic hydroxyl groups is 1. The first-order valence-corrected chi connectivity index (χ1v) is 7.37. The average molecular weight is 262 g/mol. The molecular weight excluding hydrogens is 236 g/mol. The highest BCUT2D eigenvalue weighted by Gasteiger charge is 2.19. The molecule has 0 aromatic heterocycles. The van der Waals surface area contributed by atoms with Crippen molar-refractivity contribution >= 4 is 5.69 Å². The fraction of sp³-hybridized carbons (Fsp3) is 0.625. The van der Waals surface area contributed by atoms with Crippen molar-refractivity contribution in [3.63, 3.8) is 0 Å². The van der Waals surface area contributed by atoms with Crippen LogP contribution in [-0.2, 0) is 0 Å². The zero-order chi connectivity index (χ0) is 13.8. The van der Waals surface area contributed by atoms with E-state index < -0.39 is 0 Å². The van der Waals surface area contributed by atoms with Crippen molar-refractivity contribution in [3.05, 3.63) is 23.8 Å². The molecule has 1 fully saturated rings. The van der Waals surface area contributed by atoms with Gasteiger partial charge in [0.15, 0.2) is 0 Å². The Hall–Kier alpha value is -1.22. The zero-order valence-corrected chi connectivity index (χ0v) is 12.4. The summed E-state index contributed by atoms with van der Waals surface area (Å²) in [6.07, 6.45) is 1.26. The molecule has 3 nitrogen and oxygen atoms in total. The molecule has 0 radical (unpaired) electrons. The molecule has 0 bridgehead atoms. The number of aryl methyl sites for hydroxylation is 1. The van der Waals surface area contributed by atoms with Crippen LogP contribution in [0.2, 0.25) is 0 Å². The highest BCUT2D eigenvalue weighted by Crippen LogP contribution is 2.26. The second kappa shape index (κ2) is 6.29. The molecule has 1 N–H and O–H groups in total. The third kappa shape index (κ3) is 3.63. The summed E-state index contributed by atoms with van der Waals surface area (Å²) < 4.78 is 0. The molecule has 0 spiro atoms. The van der Waals surface area contributed by atoms with Gasteiger partial charge in [-0.2, -0.15) is 0 Å². The maximum atomic E-state index is 9.63. The average Bonchev–Trinajstić information content (AvgIpc) is 2.42. The number of benzene rings is 1. The third-order valence-corrected chi connectivity index (χ3v) is 4.17. The molecule has 1 aliphatic rings. The van der Waals surface area contributed by atoms with Gasteiger partial charge in [-0.15, -0.1) is 0 Å². The summed E-state index contributed by atoms with van der Waals surface area (Å²) in [7, 11) is 0. The summed E-state index contributed by atoms with van der Waals surface area (Å²) >= 11 is 0. The molecule has 1 aromatic carbocycles. The Kier molecular flexibility index (Phi) is 4.70. The lowest BCUT2D eigenvalue weighted by molar-refractivity contribution is 0.222. The van der Waals surface area contributed by atoms with E-state index >= 15 is 0 Å². The molecule has 1 atom stereocenters. The molecule has 0 saturated carbocycles. The summed E-state index contributed by atoms with van der Waals surface area (Å²) in [5.41, 5.74) is 2.43. The van der Waals surface area contributed by atoms with E-state index in [2.05, 4.69) is 30.6 Å². The van der Waals surface area contributed by atoms with E-state index in [1.54, 1.807) is 6.07 Å². The van der Waals surface area contributed by atoms with Crippen molar-refractivity contribution in [1.29, 1.82) is 0 Å². The minimum atomic E-state index is 0.364. The molecule has 1 saturated heterocycles. The van der Waals surface area contributed by atoms with Crippen LogP contribution in [0.3, 0.4) is 0 Å². The van der Waals surface area contributed by atoms with Gasteiger partial charge in [-0.05, 0) is 24.5 Å². The van der Waals surface area contributed by atoms with Gasteiger partial charge in [0.2, 0.25) is 0 Å². The van der Waals surface area contributed by atoms with E-state index in [4.69, 9.17) is 0 Å². The van der Waals surface area contributed by atoms with Crippen molar-refractivity contribution in [3.8, 4) is 5.75 Å². The number of piperazine rings is 1. The maximum absolute atomic E-state index is 9.63. The number of rotatable bonds is 4. The SMILES string of the molecule is CCC(C)CN1CCN(c2cc(O)ccc2C)CC1. The summed E-state index contributed by atoms with van der Waals surface area (Å²) in [6.45, 7) is 12.3. The first-order chi connectivity index (χ1) is 9.10. The molecule has 1 aromatic rings. The molecule has 1 aliphatic heterocycles. The van der Waals surface area contributed by atoms with Gasteiger partial charge in [0.1, 0.15) is 5.75 Å². The summed E-state index contributed by atoms with van der Waals surface area (Å²) in [4.78, 5) is 4.95. The highest BCUT2D eigenvalue weighted by molar-refractivity contribution is 5.56. The van der Waals surface area contributed by atoms with E-state index in [1.807, 2.05) is 12.1 Å². The van der Waals surface area contributed by atoms with Crippen LogP contribution in [0.15, 0.2) is 18.2 Å². The summed E-state index contributed by atoms with van der Waals surface area (Å²) in [5.74, 6) is 1.15. The van der Waals surface area contributed by atoms with Crippen LogP contribution < -0.4 is 4.90 Å². The predicted molar refractivity (Wildman–Crippen MR) is 81.0 cm³/mol. The Morgan fingerprint density at radius 2 is 1.89 bits per heavy atom. The van der Waals surface area contributed by atoms with Gasteiger partial charge in [0.25, 0.3) is 0 Å². The quantitative estimate of drug-likeness (QED) is 0.904. The Bertz CT molecular complexity index is 411. The molecule has 106 valence electrons. The number of hydrogen-bond donors (Lipinski definition) is 1. The molecule has 3 heteroatoms. The fourth-order valence-corrected chi connectivity index (χ4v) is 2.68. The minimum absolute atomic E-state index is 0.364. The van der Waals surface area contributed by atoms with Gasteiger partial charge >= 0.3 is 0 Å². The monoisotopic (exact) mass is 262 g/mol. The Labute approximate surface area is 116 Å². The lowest BCUT2D eigenvalue weighted by Gasteiger charge is -2.37. The smallest absolute Gasteiger partial charge is 0.117 e. The lowest BCUT2D eigenvalue weighted by Crippen LogP contribution is -2.47. The van der Waals surface area contributed by atoms with Crippen molar-refractivity contribution in [1.82, 2.24) is 4.90 Å². The van der Waals surface area contributed by atoms with Crippen molar-refractivity contribution in [2.45, 2.75) is 27.2 Å². The normalized spacial score (nSPS) is 18.6. The molecule has 19 heavy (non-hydrogen) atoms. The standard InChI is InChI=1S/C16H26N2O/c1-4-13(2)12-17-7-9-18(10-8-17)16-11-15(19)6-5-14(16)3/h5-6,11,13,19H,4,7-10,12H2,1-3H3. The highest BCUT2D eigenvalue weighted by atomic mass is 16.3. The first-order valence-electron chi connectivity index (χ1n) is 7.37. The topological polar surface area (TPSA) is 26.7 Å². The van der Waals surface area contributed by atoms with E-state index in [1.165, 1.54) is 24.2 Å². The fourth-order valence-electron chi connectivity index (χ4n) is 2.68. The second-order valence-electron chi connectivity index (χ2n) is 5.77. The van der Waals surface area contributed by atoms with Gasteiger partial charge in [-0.3, -0.25) is 4.90 Å².